The van der Waals surface area contributed by atoms with Gasteiger partial charge in [0.15, 0.2) is 0 Å². The van der Waals surface area contributed by atoms with Crippen LogP contribution in [0.2, 0.25) is 0 Å². The Balaban J connectivity index is 2.52. The van der Waals surface area contributed by atoms with Gasteiger partial charge in [0, 0.05) is 25.6 Å². The van der Waals surface area contributed by atoms with Gasteiger partial charge in [-0.1, -0.05) is 5.16 Å². The van der Waals surface area contributed by atoms with Crippen LogP contribution >= 0.6 is 0 Å². The minimum Gasteiger partial charge on any atom is -0.411 e. The van der Waals surface area contributed by atoms with Crippen molar-refractivity contribution in [2.24, 2.45) is 16.8 Å². The van der Waals surface area contributed by atoms with Crippen molar-refractivity contribution in [2.45, 2.75) is 0 Å². The van der Waals surface area contributed by atoms with E-state index in [9.17, 15) is 0 Å². The number of oxime groups is 1. The molecule has 0 aromatic carbocycles. The van der Waals surface area contributed by atoms with Gasteiger partial charge >= 0.3 is 0 Å². The lowest BCUT2D eigenvalue weighted by Gasteiger charge is -2.01. The highest BCUT2D eigenvalue weighted by atomic mass is 16.4. The fraction of sp³-hybridized carbons (Fsp3) is 0.800. The fourth-order valence-electron chi connectivity index (χ4n) is 0.973. The second-order valence-corrected chi connectivity index (χ2v) is 2.15. The zero-order chi connectivity index (χ0) is 6.69. The van der Waals surface area contributed by atoms with E-state index in [1.54, 1.807) is 0 Å². The molecule has 4 nitrogen and oxygen atoms in total. The highest BCUT2D eigenvalue weighted by molar-refractivity contribution is 5.90. The molecule has 0 spiro atoms. The Labute approximate surface area is 53.7 Å². The summed E-state index contributed by atoms with van der Waals surface area (Å²) in [6.45, 7) is 2.08. The molecule has 1 rings (SSSR count). The van der Waals surface area contributed by atoms with Crippen LogP contribution in [-0.2, 0) is 0 Å². The predicted molar refractivity (Wildman–Crippen MR) is 34.6 cm³/mol. The molecule has 4 heteroatoms. The summed E-state index contributed by atoms with van der Waals surface area (Å²) >= 11 is 0. The molecular weight excluding hydrogens is 118 g/mol. The summed E-state index contributed by atoms with van der Waals surface area (Å²) in [5.74, 6) is 0.245. The van der Waals surface area contributed by atoms with Crippen LogP contribution in [0.15, 0.2) is 5.16 Å². The number of nitrogens with one attached hydrogen (secondary N) is 1. The van der Waals surface area contributed by atoms with E-state index in [0.717, 1.165) is 12.3 Å². The Bertz CT molecular complexity index is 123. The van der Waals surface area contributed by atoms with E-state index >= 15 is 0 Å². The molecule has 1 fully saturated rings. The van der Waals surface area contributed by atoms with E-state index in [1.807, 2.05) is 0 Å². The van der Waals surface area contributed by atoms with Crippen LogP contribution in [0.4, 0.5) is 0 Å². The summed E-state index contributed by atoms with van der Waals surface area (Å²) in [5.41, 5.74) is 6.14. The highest BCUT2D eigenvalue weighted by Gasteiger charge is 2.20. The lowest BCUT2D eigenvalue weighted by Crippen LogP contribution is -2.21. The van der Waals surface area contributed by atoms with Crippen molar-refractivity contribution in [1.29, 1.82) is 0 Å². The van der Waals surface area contributed by atoms with Gasteiger partial charge < -0.3 is 16.3 Å². The Morgan fingerprint density at radius 2 is 2.67 bits per heavy atom. The van der Waals surface area contributed by atoms with E-state index < -0.39 is 0 Å². The van der Waals surface area contributed by atoms with Gasteiger partial charge in [-0.25, -0.2) is 0 Å². The first-order chi connectivity index (χ1) is 4.38. The van der Waals surface area contributed by atoms with Crippen LogP contribution in [0.25, 0.3) is 0 Å². The number of rotatable bonds is 1. The Morgan fingerprint density at radius 1 is 1.89 bits per heavy atom. The molecule has 1 aliphatic heterocycles. The predicted octanol–water partition coefficient (Wildman–Crippen LogP) is -1.01. The Kier molecular flexibility index (Phi) is 2.02. The molecule has 0 aromatic rings. The minimum absolute atomic E-state index is 0.245. The summed E-state index contributed by atoms with van der Waals surface area (Å²) in [5, 5.41) is 14.5. The van der Waals surface area contributed by atoms with Gasteiger partial charge in [-0.2, -0.15) is 0 Å². The molecule has 52 valence electrons. The SMILES string of the molecule is NCC1CNC/C1=N\O. The minimum atomic E-state index is 0.245. The lowest BCUT2D eigenvalue weighted by atomic mass is 10.1. The summed E-state index contributed by atoms with van der Waals surface area (Å²) < 4.78 is 0. The van der Waals surface area contributed by atoms with Gasteiger partial charge in [-0.3, -0.25) is 0 Å². The molecule has 0 aliphatic carbocycles. The van der Waals surface area contributed by atoms with Crippen LogP contribution in [0.1, 0.15) is 0 Å². The third kappa shape index (κ3) is 1.20. The average molecular weight is 129 g/mol. The zero-order valence-corrected chi connectivity index (χ0v) is 5.17. The van der Waals surface area contributed by atoms with Crippen LogP contribution in [0.3, 0.4) is 0 Å². The number of nitrogens with two attached hydrogens (primary N) is 1. The first kappa shape index (κ1) is 6.51. The summed E-state index contributed by atoms with van der Waals surface area (Å²) in [6.07, 6.45) is 0. The number of hydrogen-bond donors (Lipinski definition) is 3. The van der Waals surface area contributed by atoms with Crippen LogP contribution in [0.5, 0.6) is 0 Å². The summed E-state index contributed by atoms with van der Waals surface area (Å²) in [7, 11) is 0. The molecule has 0 radical (unpaired) electrons. The van der Waals surface area contributed by atoms with Gasteiger partial charge in [0.25, 0.3) is 0 Å². The topological polar surface area (TPSA) is 70.6 Å². The van der Waals surface area contributed by atoms with E-state index in [0.29, 0.717) is 13.1 Å². The van der Waals surface area contributed by atoms with Gasteiger partial charge in [0.05, 0.1) is 5.71 Å². The van der Waals surface area contributed by atoms with E-state index in [-0.39, 0.29) is 5.92 Å². The molecule has 9 heavy (non-hydrogen) atoms. The summed E-state index contributed by atoms with van der Waals surface area (Å²) in [6, 6.07) is 0. The van der Waals surface area contributed by atoms with Crippen molar-refractivity contribution in [3.8, 4) is 0 Å². The van der Waals surface area contributed by atoms with E-state index in [4.69, 9.17) is 10.9 Å². The molecule has 4 N–H and O–H groups in total. The summed E-state index contributed by atoms with van der Waals surface area (Å²) in [4.78, 5) is 0. The van der Waals surface area contributed by atoms with E-state index in [2.05, 4.69) is 10.5 Å². The first-order valence-electron chi connectivity index (χ1n) is 3.00. The fourth-order valence-corrected chi connectivity index (χ4v) is 0.973. The standard InChI is InChI=1S/C5H11N3O/c6-1-4-2-7-3-5(4)8-9/h4,7,9H,1-3,6H2/b8-5+. The highest BCUT2D eigenvalue weighted by Crippen LogP contribution is 2.01. The molecule has 1 atom stereocenters. The number of hydrogen-bond acceptors (Lipinski definition) is 4. The Morgan fingerprint density at radius 3 is 3.11 bits per heavy atom. The van der Waals surface area contributed by atoms with Crippen molar-refractivity contribution >= 4 is 5.71 Å². The van der Waals surface area contributed by atoms with Gasteiger partial charge in [-0.05, 0) is 0 Å². The third-order valence-electron chi connectivity index (χ3n) is 1.58. The smallest absolute Gasteiger partial charge is 0.0764 e. The second kappa shape index (κ2) is 2.80. The maximum Gasteiger partial charge on any atom is 0.0764 e. The van der Waals surface area contributed by atoms with Gasteiger partial charge in [0.2, 0.25) is 0 Å². The Hall–Kier alpha value is -0.610. The van der Waals surface area contributed by atoms with Crippen molar-refractivity contribution in [3.05, 3.63) is 0 Å². The zero-order valence-electron chi connectivity index (χ0n) is 5.17. The molecule has 1 heterocycles. The quantitative estimate of drug-likeness (QED) is 0.314. The normalized spacial score (nSPS) is 31.7. The van der Waals surface area contributed by atoms with Gasteiger partial charge in [-0.15, -0.1) is 0 Å². The monoisotopic (exact) mass is 129 g/mol. The average Bonchev–Trinajstić information content (AvgIpc) is 2.33. The first-order valence-corrected chi connectivity index (χ1v) is 3.00. The van der Waals surface area contributed by atoms with Crippen molar-refractivity contribution in [3.63, 3.8) is 0 Å². The molecule has 0 bridgehead atoms. The van der Waals surface area contributed by atoms with Crippen LogP contribution in [-0.4, -0.2) is 30.6 Å². The lowest BCUT2D eigenvalue weighted by molar-refractivity contribution is 0.316. The van der Waals surface area contributed by atoms with Crippen LogP contribution in [0, 0.1) is 5.92 Å². The number of nitrogens with zero attached hydrogens (tertiary/aromatic N) is 1. The third-order valence-corrected chi connectivity index (χ3v) is 1.58. The molecule has 0 saturated carbocycles. The second-order valence-electron chi connectivity index (χ2n) is 2.15. The maximum atomic E-state index is 8.36. The van der Waals surface area contributed by atoms with Crippen molar-refractivity contribution in [1.82, 2.24) is 5.32 Å². The molecule has 1 unspecified atom stereocenters. The van der Waals surface area contributed by atoms with E-state index in [1.165, 1.54) is 0 Å². The van der Waals surface area contributed by atoms with Gasteiger partial charge in [0.1, 0.15) is 0 Å². The maximum absolute atomic E-state index is 8.36. The largest absolute Gasteiger partial charge is 0.411 e. The molecule has 1 saturated heterocycles. The van der Waals surface area contributed by atoms with Crippen molar-refractivity contribution in [2.75, 3.05) is 19.6 Å². The van der Waals surface area contributed by atoms with Crippen molar-refractivity contribution < 1.29 is 5.21 Å². The molecule has 0 amide bonds. The molecule has 1 aliphatic rings. The molecule has 0 aromatic heterocycles. The van der Waals surface area contributed by atoms with Crippen LogP contribution < -0.4 is 11.1 Å². The molecular formula is C5H11N3O.